The van der Waals surface area contributed by atoms with Crippen LogP contribution in [-0.2, 0) is 35.5 Å². The van der Waals surface area contributed by atoms with Crippen LogP contribution in [0.3, 0.4) is 0 Å². The molecule has 0 aliphatic carbocycles. The fourth-order valence-electron chi connectivity index (χ4n) is 7.26. The lowest BCUT2D eigenvalue weighted by Gasteiger charge is -2.30. The maximum atomic E-state index is 13.6. The van der Waals surface area contributed by atoms with Crippen LogP contribution >= 0.6 is 7.82 Å². The molecule has 14 nitrogen and oxygen atoms in total. The molecule has 3 heterocycles. The molecule has 0 radical (unpaired) electrons. The number of aromatic nitrogens is 3. The van der Waals surface area contributed by atoms with E-state index < -0.39 is 56.4 Å². The summed E-state index contributed by atoms with van der Waals surface area (Å²) in [6.07, 6.45) is 13.8. The van der Waals surface area contributed by atoms with Crippen molar-refractivity contribution in [3.63, 3.8) is 0 Å². The number of halogens is 1. The molecule has 0 bridgehead atoms. The van der Waals surface area contributed by atoms with Crippen molar-refractivity contribution in [3.05, 3.63) is 59.8 Å². The van der Waals surface area contributed by atoms with Crippen molar-refractivity contribution in [1.29, 1.82) is 5.26 Å². The molecule has 1 aliphatic heterocycles. The number of phosphoric acid groups is 1. The van der Waals surface area contributed by atoms with Gasteiger partial charge in [0.25, 0.3) is 0 Å². The molecular formula is C40H61FN5O9P. The van der Waals surface area contributed by atoms with Gasteiger partial charge in [0.2, 0.25) is 5.60 Å². The normalized spacial score (nSPS) is 21.1. The summed E-state index contributed by atoms with van der Waals surface area (Å²) in [5.41, 5.74) is 5.00. The number of phosphoric ester groups is 1. The lowest BCUT2D eigenvalue weighted by Crippen LogP contribution is -2.42. The van der Waals surface area contributed by atoms with Crippen molar-refractivity contribution in [3.8, 4) is 6.07 Å². The number of aliphatic hydroxyl groups excluding tert-OH is 2. The molecule has 4 rings (SSSR count). The van der Waals surface area contributed by atoms with Crippen molar-refractivity contribution in [2.75, 3.05) is 18.9 Å². The molecule has 56 heavy (non-hydrogen) atoms. The van der Waals surface area contributed by atoms with Crippen LogP contribution in [-0.4, -0.2) is 78.3 Å². The van der Waals surface area contributed by atoms with E-state index in [1.165, 1.54) is 118 Å². The Morgan fingerprint density at radius 1 is 0.911 bits per heavy atom. The summed E-state index contributed by atoms with van der Waals surface area (Å²) in [6.45, 7) is 1.83. The number of unbranched alkanes of at least 4 members (excludes halogenated alkanes) is 15. The highest BCUT2D eigenvalue weighted by molar-refractivity contribution is 7.46. The number of rotatable bonds is 28. The zero-order valence-corrected chi connectivity index (χ0v) is 33.5. The highest BCUT2D eigenvalue weighted by Crippen LogP contribution is 2.42. The van der Waals surface area contributed by atoms with Crippen LogP contribution in [0.4, 0.5) is 10.2 Å². The van der Waals surface area contributed by atoms with Gasteiger partial charge in [-0.2, -0.15) is 10.4 Å². The molecule has 1 unspecified atom stereocenters. The third kappa shape index (κ3) is 13.8. The van der Waals surface area contributed by atoms with Gasteiger partial charge in [0.15, 0.2) is 5.82 Å². The van der Waals surface area contributed by atoms with Crippen LogP contribution in [0.1, 0.15) is 127 Å². The van der Waals surface area contributed by atoms with Gasteiger partial charge in [-0.05, 0) is 36.2 Å². The van der Waals surface area contributed by atoms with E-state index in [4.69, 9.17) is 24.5 Å². The number of ether oxygens (including phenoxy) is 3. The van der Waals surface area contributed by atoms with E-state index in [-0.39, 0.29) is 31.1 Å². The zero-order chi connectivity index (χ0) is 40.4. The number of nitrogens with two attached hydrogens (primary N) is 1. The van der Waals surface area contributed by atoms with E-state index in [1.54, 1.807) is 6.07 Å². The number of nitrogen functional groups attached to an aromatic ring is 1. The summed E-state index contributed by atoms with van der Waals surface area (Å²) in [5, 5.41) is 37.2. The minimum Gasteiger partial charge on any atom is -0.388 e. The van der Waals surface area contributed by atoms with Crippen molar-refractivity contribution in [2.24, 2.45) is 0 Å². The fourth-order valence-corrected chi connectivity index (χ4v) is 7.60. The lowest BCUT2D eigenvalue weighted by molar-refractivity contribution is -0.126. The number of benzene rings is 1. The molecule has 2 aromatic heterocycles. The van der Waals surface area contributed by atoms with Crippen molar-refractivity contribution >= 4 is 19.2 Å². The first-order valence-corrected chi connectivity index (χ1v) is 21.7. The van der Waals surface area contributed by atoms with Gasteiger partial charge in [-0.1, -0.05) is 115 Å². The van der Waals surface area contributed by atoms with Crippen LogP contribution < -0.4 is 5.73 Å². The van der Waals surface area contributed by atoms with Gasteiger partial charge in [-0.25, -0.2) is 18.5 Å². The molecule has 1 fully saturated rings. The third-order valence-electron chi connectivity index (χ3n) is 10.5. The quantitative estimate of drug-likeness (QED) is 0.0369. The van der Waals surface area contributed by atoms with Crippen LogP contribution in [0.5, 0.6) is 0 Å². The minimum absolute atomic E-state index is 0.0789. The van der Waals surface area contributed by atoms with Crippen molar-refractivity contribution in [2.45, 2.75) is 159 Å². The number of fused-ring (bicyclic) bond motifs is 1. The number of nitriles is 1. The Balaban J connectivity index is 1.36. The predicted octanol–water partition coefficient (Wildman–Crippen LogP) is 7.02. The molecule has 0 saturated carbocycles. The molecule has 16 heteroatoms. The van der Waals surface area contributed by atoms with Gasteiger partial charge >= 0.3 is 7.82 Å². The monoisotopic (exact) mass is 805 g/mol. The predicted molar refractivity (Wildman–Crippen MR) is 208 cm³/mol. The number of aliphatic hydroxyl groups is 2. The number of nitrogens with zero attached hydrogens (tertiary/aromatic N) is 4. The molecule has 6 atom stereocenters. The lowest BCUT2D eigenvalue weighted by atomic mass is 9.91. The van der Waals surface area contributed by atoms with E-state index in [2.05, 4.69) is 17.0 Å². The van der Waals surface area contributed by atoms with Gasteiger partial charge in [0.05, 0.1) is 31.1 Å². The van der Waals surface area contributed by atoms with Crippen LogP contribution in [0.2, 0.25) is 0 Å². The summed E-state index contributed by atoms with van der Waals surface area (Å²) in [4.78, 5) is 23.1. The van der Waals surface area contributed by atoms with E-state index >= 15 is 0 Å². The Kier molecular flexibility index (Phi) is 19.1. The molecule has 3 aromatic rings. The van der Waals surface area contributed by atoms with Gasteiger partial charge in [-0.15, -0.1) is 0 Å². The molecule has 1 saturated heterocycles. The van der Waals surface area contributed by atoms with Gasteiger partial charge in [0, 0.05) is 13.0 Å². The fraction of sp³-hybridized carbons (Fsp3) is 0.675. The molecule has 312 valence electrons. The average molecular weight is 806 g/mol. The average Bonchev–Trinajstić information content (AvgIpc) is 3.72. The Labute approximate surface area is 329 Å². The maximum absolute atomic E-state index is 13.6. The second kappa shape index (κ2) is 23.4. The molecule has 0 spiro atoms. The highest BCUT2D eigenvalue weighted by Gasteiger charge is 2.58. The molecule has 6 N–H and O–H groups in total. The first kappa shape index (κ1) is 45.7. The highest BCUT2D eigenvalue weighted by atomic mass is 31.2. The van der Waals surface area contributed by atoms with E-state index in [9.17, 15) is 34.2 Å². The summed E-state index contributed by atoms with van der Waals surface area (Å²) in [5.74, 6) is -0.301. The van der Waals surface area contributed by atoms with Crippen LogP contribution in [0.15, 0.2) is 42.7 Å². The van der Waals surface area contributed by atoms with Crippen LogP contribution in [0.25, 0.3) is 5.52 Å². The summed E-state index contributed by atoms with van der Waals surface area (Å²) >= 11 is 0. The SMILES string of the molecule is CCCCCCCCCCCCCCCCCCOC(C[C@H]1O[C@@](C#N)(c2ccc3c(N)ncnn23)[C@H](O)[C@@H]1O)[C@@H](COP(=O)(O)O)OCc1ccc(F)cc1. The number of hydrogen-bond donors (Lipinski definition) is 5. The van der Waals surface area contributed by atoms with E-state index in [0.717, 1.165) is 19.3 Å². The first-order valence-electron chi connectivity index (χ1n) is 20.2. The van der Waals surface area contributed by atoms with Crippen LogP contribution in [0, 0.1) is 17.1 Å². The molecular weight excluding hydrogens is 744 g/mol. The van der Waals surface area contributed by atoms with Crippen molar-refractivity contribution in [1.82, 2.24) is 14.6 Å². The smallest absolute Gasteiger partial charge is 0.388 e. The zero-order valence-electron chi connectivity index (χ0n) is 32.6. The summed E-state index contributed by atoms with van der Waals surface area (Å²) in [7, 11) is -4.94. The Morgan fingerprint density at radius 3 is 2.07 bits per heavy atom. The van der Waals surface area contributed by atoms with E-state index in [0.29, 0.717) is 17.5 Å². The first-order chi connectivity index (χ1) is 27.0. The number of anilines is 1. The molecule has 1 aromatic carbocycles. The van der Waals surface area contributed by atoms with Gasteiger partial charge < -0.3 is 39.9 Å². The van der Waals surface area contributed by atoms with Crippen molar-refractivity contribution < 1.29 is 47.7 Å². The van der Waals surface area contributed by atoms with E-state index in [1.807, 2.05) is 6.07 Å². The maximum Gasteiger partial charge on any atom is 0.469 e. The molecule has 0 amide bonds. The van der Waals surface area contributed by atoms with Gasteiger partial charge in [-0.3, -0.25) is 4.52 Å². The number of hydrogen-bond acceptors (Lipinski definition) is 11. The third-order valence-corrected chi connectivity index (χ3v) is 11.0. The summed E-state index contributed by atoms with van der Waals surface area (Å²) < 4.78 is 50.2. The Bertz CT molecular complexity index is 1670. The second-order valence-electron chi connectivity index (χ2n) is 14.8. The van der Waals surface area contributed by atoms with Gasteiger partial charge in [0.1, 0.15) is 42.0 Å². The minimum atomic E-state index is -4.94. The summed E-state index contributed by atoms with van der Waals surface area (Å²) in [6, 6.07) is 10.7. The Hall–Kier alpha value is -3.03. The topological polar surface area (TPSA) is 215 Å². The molecule has 1 aliphatic rings. The largest absolute Gasteiger partial charge is 0.469 e. The second-order valence-corrected chi connectivity index (χ2v) is 16.0. The standard InChI is InChI=1S/C40H61FN5O9P/c1-2-3-4-5-6-7-8-9-10-11-12-13-14-15-16-17-24-52-33(35(27-54-56(49,50)51)53-26-30-18-20-31(41)21-19-30)25-34-37(47)38(48)40(28-42,55-34)36-23-22-32-39(43)44-29-45-46(32)36/h18-23,29,33-35,37-38,47-48H,2-17,24-27H2,1H3,(H2,43,44,45)(H2,49,50,51)/t33?,34-,35-,37-,38-,40+/m1/s1. The Morgan fingerprint density at radius 2 is 1.50 bits per heavy atom.